The molecule has 1 N–H and O–H groups in total. The number of likely N-dealkylation sites (tertiary alicyclic amines) is 1. The number of allylic oxidation sites excluding steroid dienone is 1. The third-order valence-electron chi connectivity index (χ3n) is 4.45. The van der Waals surface area contributed by atoms with E-state index in [1.165, 1.54) is 12.8 Å². The minimum absolute atomic E-state index is 0.174. The lowest BCUT2D eigenvalue weighted by Gasteiger charge is -2.28. The van der Waals surface area contributed by atoms with E-state index in [2.05, 4.69) is 4.98 Å². The van der Waals surface area contributed by atoms with Crippen LogP contribution in [0.25, 0.3) is 10.9 Å². The van der Waals surface area contributed by atoms with E-state index in [0.29, 0.717) is 0 Å². The molecule has 1 aromatic carbocycles. The average molecular weight is 266 g/mol. The number of amides is 1. The van der Waals surface area contributed by atoms with Crippen molar-refractivity contribution in [2.45, 2.75) is 25.7 Å². The fourth-order valence-corrected chi connectivity index (χ4v) is 3.12. The summed E-state index contributed by atoms with van der Waals surface area (Å²) >= 11 is 0. The van der Waals surface area contributed by atoms with Gasteiger partial charge in [-0.25, -0.2) is 0 Å². The first kappa shape index (κ1) is 11.8. The van der Waals surface area contributed by atoms with Gasteiger partial charge in [-0.2, -0.15) is 0 Å². The molecule has 0 atom stereocenters. The summed E-state index contributed by atoms with van der Waals surface area (Å²) in [5.74, 6) is 0.174. The average Bonchev–Trinajstić information content (AvgIpc) is 3.24. The fourth-order valence-electron chi connectivity index (χ4n) is 3.12. The number of rotatable bonds is 1. The molecule has 1 saturated carbocycles. The molecule has 4 rings (SSSR count). The van der Waals surface area contributed by atoms with Crippen LogP contribution in [0.1, 0.15) is 36.0 Å². The smallest absolute Gasteiger partial charge is 0.253 e. The van der Waals surface area contributed by atoms with Crippen LogP contribution in [-0.2, 0) is 0 Å². The minimum atomic E-state index is 0.174. The topological polar surface area (TPSA) is 36.1 Å². The summed E-state index contributed by atoms with van der Waals surface area (Å²) in [5.41, 5.74) is 5.17. The molecular weight excluding hydrogens is 248 g/mol. The number of carbonyl (C=O) groups excluding carboxylic acids is 1. The van der Waals surface area contributed by atoms with Crippen LogP contribution in [0.3, 0.4) is 0 Å². The van der Waals surface area contributed by atoms with Crippen LogP contribution in [0.4, 0.5) is 0 Å². The van der Waals surface area contributed by atoms with Crippen molar-refractivity contribution < 1.29 is 4.79 Å². The second kappa shape index (κ2) is 4.51. The molecular formula is C17H18N2O. The molecule has 2 heterocycles. The first-order chi connectivity index (χ1) is 9.81. The zero-order valence-corrected chi connectivity index (χ0v) is 11.5. The Morgan fingerprint density at radius 3 is 2.50 bits per heavy atom. The van der Waals surface area contributed by atoms with Crippen molar-refractivity contribution in [3.8, 4) is 0 Å². The summed E-state index contributed by atoms with van der Waals surface area (Å²) in [6.45, 7) is 1.76. The maximum atomic E-state index is 12.6. The summed E-state index contributed by atoms with van der Waals surface area (Å²) in [7, 11) is 0. The van der Waals surface area contributed by atoms with Crippen LogP contribution < -0.4 is 0 Å². The number of hydrogen-bond donors (Lipinski definition) is 1. The van der Waals surface area contributed by atoms with Gasteiger partial charge in [-0.05, 0) is 49.9 Å². The van der Waals surface area contributed by atoms with Gasteiger partial charge in [0.2, 0.25) is 0 Å². The van der Waals surface area contributed by atoms with E-state index in [9.17, 15) is 4.79 Å². The number of benzene rings is 1. The van der Waals surface area contributed by atoms with Crippen LogP contribution in [0.5, 0.6) is 0 Å². The molecule has 0 unspecified atom stereocenters. The van der Waals surface area contributed by atoms with E-state index < -0.39 is 0 Å². The summed E-state index contributed by atoms with van der Waals surface area (Å²) in [6.07, 6.45) is 6.66. The van der Waals surface area contributed by atoms with Gasteiger partial charge in [-0.1, -0.05) is 11.1 Å². The lowest BCUT2D eigenvalue weighted by atomic mass is 10.0. The predicted octanol–water partition coefficient (Wildman–Crippen LogP) is 3.49. The van der Waals surface area contributed by atoms with E-state index in [1.807, 2.05) is 35.4 Å². The number of carbonyl (C=O) groups is 1. The van der Waals surface area contributed by atoms with Crippen LogP contribution in [0.2, 0.25) is 0 Å². The quantitative estimate of drug-likeness (QED) is 0.788. The van der Waals surface area contributed by atoms with Crippen molar-refractivity contribution in [3.63, 3.8) is 0 Å². The van der Waals surface area contributed by atoms with Gasteiger partial charge in [0.25, 0.3) is 5.91 Å². The van der Waals surface area contributed by atoms with Gasteiger partial charge in [0.1, 0.15) is 0 Å². The third kappa shape index (κ3) is 2.03. The maximum absolute atomic E-state index is 12.6. The molecule has 1 aliphatic heterocycles. The van der Waals surface area contributed by atoms with E-state index in [-0.39, 0.29) is 5.91 Å². The minimum Gasteiger partial charge on any atom is -0.361 e. The number of fused-ring (bicyclic) bond motifs is 1. The molecule has 2 aliphatic rings. The number of aromatic nitrogens is 1. The normalized spacial score (nSPS) is 18.7. The standard InChI is InChI=1S/C17H18N2O/c20-17(15-3-4-16-14(11-15)5-8-18-16)19-9-6-13(7-10-19)12-1-2-12/h3-5,8,11,18H,1-2,6-7,9-10H2. The molecule has 1 aliphatic carbocycles. The van der Waals surface area contributed by atoms with Crippen LogP contribution in [0.15, 0.2) is 41.6 Å². The highest BCUT2D eigenvalue weighted by Gasteiger charge is 2.24. The molecule has 3 heteroatoms. The zero-order valence-electron chi connectivity index (χ0n) is 11.5. The Morgan fingerprint density at radius 1 is 1.00 bits per heavy atom. The van der Waals surface area contributed by atoms with E-state index in [4.69, 9.17) is 0 Å². The van der Waals surface area contributed by atoms with Crippen LogP contribution >= 0.6 is 0 Å². The molecule has 1 aromatic heterocycles. The van der Waals surface area contributed by atoms with Crippen molar-refractivity contribution in [2.24, 2.45) is 0 Å². The number of H-pyrrole nitrogens is 1. The lowest BCUT2D eigenvalue weighted by Crippen LogP contribution is -2.36. The van der Waals surface area contributed by atoms with Crippen molar-refractivity contribution in [3.05, 3.63) is 47.2 Å². The van der Waals surface area contributed by atoms with E-state index in [1.54, 1.807) is 11.1 Å². The molecule has 0 radical (unpaired) electrons. The van der Waals surface area contributed by atoms with Crippen molar-refractivity contribution >= 4 is 16.8 Å². The summed E-state index contributed by atoms with van der Waals surface area (Å²) < 4.78 is 0. The summed E-state index contributed by atoms with van der Waals surface area (Å²) in [6, 6.07) is 7.92. The molecule has 2 aromatic rings. The molecule has 1 saturated heterocycles. The van der Waals surface area contributed by atoms with Gasteiger partial charge < -0.3 is 9.88 Å². The number of nitrogens with zero attached hydrogens (tertiary/aromatic N) is 1. The predicted molar refractivity (Wildman–Crippen MR) is 79.7 cm³/mol. The highest BCUT2D eigenvalue weighted by atomic mass is 16.2. The highest BCUT2D eigenvalue weighted by molar-refractivity contribution is 5.98. The molecule has 0 bridgehead atoms. The second-order valence-corrected chi connectivity index (χ2v) is 5.78. The van der Waals surface area contributed by atoms with Gasteiger partial charge in [0.15, 0.2) is 0 Å². The Bertz CT molecular complexity index is 695. The number of hydrogen-bond acceptors (Lipinski definition) is 1. The lowest BCUT2D eigenvalue weighted by molar-refractivity contribution is 0.0743. The first-order valence-corrected chi connectivity index (χ1v) is 7.37. The molecule has 2 fully saturated rings. The van der Waals surface area contributed by atoms with Crippen molar-refractivity contribution in [1.82, 2.24) is 9.88 Å². The summed E-state index contributed by atoms with van der Waals surface area (Å²) in [4.78, 5) is 17.7. The number of nitrogens with one attached hydrogen (secondary N) is 1. The van der Waals surface area contributed by atoms with Gasteiger partial charge in [0.05, 0.1) is 0 Å². The molecule has 1 amide bonds. The van der Waals surface area contributed by atoms with Gasteiger partial charge >= 0.3 is 0 Å². The Labute approximate surface area is 118 Å². The van der Waals surface area contributed by atoms with Crippen LogP contribution in [0, 0.1) is 0 Å². The molecule has 20 heavy (non-hydrogen) atoms. The van der Waals surface area contributed by atoms with Crippen molar-refractivity contribution in [1.29, 1.82) is 0 Å². The Hall–Kier alpha value is -2.03. The SMILES string of the molecule is O=C(c1ccc2[nH]ccc2c1)N1CCC(=C2CC2)CC1. The Kier molecular flexibility index (Phi) is 2.66. The number of piperidine rings is 1. The Balaban J connectivity index is 1.53. The molecule has 102 valence electrons. The monoisotopic (exact) mass is 266 g/mol. The van der Waals surface area contributed by atoms with Gasteiger partial charge in [-0.15, -0.1) is 0 Å². The van der Waals surface area contributed by atoms with Crippen molar-refractivity contribution in [2.75, 3.05) is 13.1 Å². The Morgan fingerprint density at radius 2 is 1.75 bits per heavy atom. The van der Waals surface area contributed by atoms with Gasteiger partial charge in [0, 0.05) is 35.8 Å². The highest BCUT2D eigenvalue weighted by Crippen LogP contribution is 2.36. The van der Waals surface area contributed by atoms with E-state index >= 15 is 0 Å². The largest absolute Gasteiger partial charge is 0.361 e. The molecule has 3 nitrogen and oxygen atoms in total. The molecule has 0 spiro atoms. The zero-order chi connectivity index (χ0) is 13.5. The van der Waals surface area contributed by atoms with Gasteiger partial charge in [-0.3, -0.25) is 4.79 Å². The first-order valence-electron chi connectivity index (χ1n) is 7.37. The van der Waals surface area contributed by atoms with Crippen LogP contribution in [-0.4, -0.2) is 28.9 Å². The third-order valence-corrected chi connectivity index (χ3v) is 4.45. The van der Waals surface area contributed by atoms with E-state index in [0.717, 1.165) is 42.4 Å². The second-order valence-electron chi connectivity index (χ2n) is 5.78. The fraction of sp³-hybridized carbons (Fsp3) is 0.353. The summed E-state index contributed by atoms with van der Waals surface area (Å²) in [5, 5.41) is 1.11. The maximum Gasteiger partial charge on any atom is 0.253 e. The number of aromatic amines is 1.